The fraction of sp³-hybridized carbons (Fsp3) is 0.143. The van der Waals surface area contributed by atoms with Gasteiger partial charge in [0, 0.05) is 18.3 Å². The third-order valence-corrected chi connectivity index (χ3v) is 4.17. The molecule has 0 amide bonds. The molecule has 0 saturated heterocycles. The summed E-state index contributed by atoms with van der Waals surface area (Å²) in [7, 11) is 0. The van der Waals surface area contributed by atoms with Gasteiger partial charge in [0.25, 0.3) is 5.56 Å². The Labute approximate surface area is 152 Å². The van der Waals surface area contributed by atoms with Crippen molar-refractivity contribution in [3.05, 3.63) is 88.2 Å². The molecule has 1 heterocycles. The third-order valence-electron chi connectivity index (χ3n) is 4.17. The number of benzene rings is 2. The molecule has 0 fully saturated rings. The van der Waals surface area contributed by atoms with Gasteiger partial charge in [-0.1, -0.05) is 37.3 Å². The number of hydrogen-bond acceptors (Lipinski definition) is 4. The van der Waals surface area contributed by atoms with Gasteiger partial charge >= 0.3 is 0 Å². The summed E-state index contributed by atoms with van der Waals surface area (Å²) >= 11 is 0. The number of fused-ring (bicyclic) bond motifs is 1. The topological polar surface area (TPSA) is 86.9 Å². The second kappa shape index (κ2) is 7.27. The molecular formula is C21H22N4O. The van der Waals surface area contributed by atoms with E-state index >= 15 is 0 Å². The summed E-state index contributed by atoms with van der Waals surface area (Å²) in [5.41, 5.74) is 15.0. The van der Waals surface area contributed by atoms with Crippen LogP contribution in [0.5, 0.6) is 0 Å². The van der Waals surface area contributed by atoms with E-state index in [0.29, 0.717) is 28.6 Å². The first-order chi connectivity index (χ1) is 12.6. The molecule has 4 N–H and O–H groups in total. The molecule has 3 rings (SSSR count). The molecule has 0 saturated carbocycles. The zero-order chi connectivity index (χ0) is 18.7. The lowest BCUT2D eigenvalue weighted by molar-refractivity contribution is 0.833. The molecule has 0 atom stereocenters. The minimum Gasteiger partial charge on any atom is -0.404 e. The molecule has 0 aliphatic carbocycles. The number of aromatic nitrogens is 2. The number of nitrogens with two attached hydrogens (primary N) is 2. The average Bonchev–Trinajstić information content (AvgIpc) is 2.65. The van der Waals surface area contributed by atoms with Crippen LogP contribution in [0.2, 0.25) is 0 Å². The third kappa shape index (κ3) is 3.11. The van der Waals surface area contributed by atoms with Crippen molar-refractivity contribution in [2.24, 2.45) is 11.5 Å². The monoisotopic (exact) mass is 346 g/mol. The van der Waals surface area contributed by atoms with Crippen LogP contribution in [0.3, 0.4) is 0 Å². The Kier molecular flexibility index (Phi) is 4.89. The molecule has 132 valence electrons. The molecule has 0 spiro atoms. The first-order valence-corrected chi connectivity index (χ1v) is 8.53. The Morgan fingerprint density at radius 1 is 1.15 bits per heavy atom. The van der Waals surface area contributed by atoms with Gasteiger partial charge in [-0.25, -0.2) is 4.98 Å². The molecule has 3 aromatic rings. The fourth-order valence-corrected chi connectivity index (χ4v) is 3.06. The highest BCUT2D eigenvalue weighted by atomic mass is 16.1. The van der Waals surface area contributed by atoms with E-state index in [1.807, 2.05) is 55.5 Å². The summed E-state index contributed by atoms with van der Waals surface area (Å²) in [6, 6.07) is 15.1. The van der Waals surface area contributed by atoms with Gasteiger partial charge in [0.15, 0.2) is 0 Å². The standard InChI is InChI=1S/C21H22N4O/c1-3-19-24-18-11-7-10-17(15(13-22)12-14(2)23)20(18)21(26)25(19)16-8-5-4-6-9-16/h4-13H,3,22-23H2,1-2H3/b14-12?,15-13+. The van der Waals surface area contributed by atoms with Crippen LogP contribution in [0.1, 0.15) is 25.2 Å². The van der Waals surface area contributed by atoms with E-state index < -0.39 is 0 Å². The molecule has 5 nitrogen and oxygen atoms in total. The minimum atomic E-state index is -0.115. The predicted molar refractivity (Wildman–Crippen MR) is 107 cm³/mol. The summed E-state index contributed by atoms with van der Waals surface area (Å²) in [4.78, 5) is 18.2. The molecule has 0 radical (unpaired) electrons. The van der Waals surface area contributed by atoms with E-state index in [-0.39, 0.29) is 5.56 Å². The zero-order valence-corrected chi connectivity index (χ0v) is 14.9. The van der Waals surface area contributed by atoms with Crippen molar-refractivity contribution in [1.29, 1.82) is 0 Å². The van der Waals surface area contributed by atoms with Gasteiger partial charge in [0.1, 0.15) is 5.82 Å². The number of para-hydroxylation sites is 1. The van der Waals surface area contributed by atoms with E-state index in [2.05, 4.69) is 0 Å². The van der Waals surface area contributed by atoms with E-state index in [1.54, 1.807) is 17.6 Å². The lowest BCUT2D eigenvalue weighted by atomic mass is 10.0. The van der Waals surface area contributed by atoms with Gasteiger partial charge in [-0.3, -0.25) is 9.36 Å². The van der Waals surface area contributed by atoms with Crippen molar-refractivity contribution >= 4 is 16.5 Å². The second-order valence-corrected chi connectivity index (χ2v) is 6.07. The summed E-state index contributed by atoms with van der Waals surface area (Å²) in [5, 5.41) is 0.530. The molecule has 0 aliphatic heterocycles. The van der Waals surface area contributed by atoms with Crippen molar-refractivity contribution in [1.82, 2.24) is 9.55 Å². The predicted octanol–water partition coefficient (Wildman–Crippen LogP) is 3.11. The van der Waals surface area contributed by atoms with Gasteiger partial charge in [-0.15, -0.1) is 0 Å². The first kappa shape index (κ1) is 17.5. The summed E-state index contributed by atoms with van der Waals surface area (Å²) < 4.78 is 1.67. The van der Waals surface area contributed by atoms with Gasteiger partial charge in [-0.2, -0.15) is 0 Å². The zero-order valence-electron chi connectivity index (χ0n) is 14.9. The lowest BCUT2D eigenvalue weighted by Crippen LogP contribution is -2.24. The van der Waals surface area contributed by atoms with Crippen molar-refractivity contribution in [2.75, 3.05) is 0 Å². The molecule has 26 heavy (non-hydrogen) atoms. The normalized spacial score (nSPS) is 12.5. The van der Waals surface area contributed by atoms with Crippen molar-refractivity contribution in [2.45, 2.75) is 20.3 Å². The number of hydrogen-bond donors (Lipinski definition) is 2. The number of aryl methyl sites for hydroxylation is 1. The van der Waals surface area contributed by atoms with Crippen LogP contribution in [-0.4, -0.2) is 9.55 Å². The highest BCUT2D eigenvalue weighted by Gasteiger charge is 2.15. The van der Waals surface area contributed by atoms with Crippen LogP contribution in [0.4, 0.5) is 0 Å². The maximum absolute atomic E-state index is 13.4. The first-order valence-electron chi connectivity index (χ1n) is 8.53. The van der Waals surface area contributed by atoms with E-state index in [0.717, 1.165) is 17.1 Å². The van der Waals surface area contributed by atoms with Crippen molar-refractivity contribution in [3.8, 4) is 5.69 Å². The van der Waals surface area contributed by atoms with E-state index in [1.165, 1.54) is 6.20 Å². The lowest BCUT2D eigenvalue weighted by Gasteiger charge is -2.14. The van der Waals surface area contributed by atoms with E-state index in [9.17, 15) is 4.79 Å². The summed E-state index contributed by atoms with van der Waals surface area (Å²) in [6.45, 7) is 3.77. The van der Waals surface area contributed by atoms with Gasteiger partial charge in [0.05, 0.1) is 16.6 Å². The van der Waals surface area contributed by atoms with Crippen molar-refractivity contribution in [3.63, 3.8) is 0 Å². The minimum absolute atomic E-state index is 0.115. The molecule has 2 aromatic carbocycles. The molecular weight excluding hydrogens is 324 g/mol. The number of allylic oxidation sites excluding steroid dienone is 3. The van der Waals surface area contributed by atoms with Crippen LogP contribution in [0.15, 0.2) is 71.3 Å². The van der Waals surface area contributed by atoms with Crippen LogP contribution in [0.25, 0.3) is 22.2 Å². The maximum atomic E-state index is 13.4. The Morgan fingerprint density at radius 2 is 1.88 bits per heavy atom. The largest absolute Gasteiger partial charge is 0.404 e. The molecule has 1 aromatic heterocycles. The Hall–Kier alpha value is -3.34. The quantitative estimate of drug-likeness (QED) is 0.711. The van der Waals surface area contributed by atoms with Gasteiger partial charge < -0.3 is 11.5 Å². The summed E-state index contributed by atoms with van der Waals surface area (Å²) in [5.74, 6) is 0.717. The number of nitrogens with zero attached hydrogens (tertiary/aromatic N) is 2. The smallest absolute Gasteiger partial charge is 0.266 e. The van der Waals surface area contributed by atoms with Crippen LogP contribution >= 0.6 is 0 Å². The highest BCUT2D eigenvalue weighted by molar-refractivity contribution is 5.94. The van der Waals surface area contributed by atoms with E-state index in [4.69, 9.17) is 16.5 Å². The average molecular weight is 346 g/mol. The molecule has 0 unspecified atom stereocenters. The van der Waals surface area contributed by atoms with Crippen LogP contribution in [0, 0.1) is 0 Å². The molecule has 5 heteroatoms. The van der Waals surface area contributed by atoms with Gasteiger partial charge in [-0.05, 0) is 42.3 Å². The highest BCUT2D eigenvalue weighted by Crippen LogP contribution is 2.24. The van der Waals surface area contributed by atoms with Crippen LogP contribution < -0.4 is 17.0 Å². The second-order valence-electron chi connectivity index (χ2n) is 6.07. The summed E-state index contributed by atoms with van der Waals surface area (Å²) in [6.07, 6.45) is 3.87. The number of rotatable bonds is 4. The molecule has 0 aliphatic rings. The maximum Gasteiger partial charge on any atom is 0.266 e. The SMILES string of the molecule is CCc1nc2cccc(/C(C=C(C)N)=C/N)c2c(=O)n1-c1ccccc1. The van der Waals surface area contributed by atoms with Crippen LogP contribution in [-0.2, 0) is 6.42 Å². The molecule has 0 bridgehead atoms. The fourth-order valence-electron chi connectivity index (χ4n) is 3.06. The Balaban J connectivity index is 2.42. The Bertz CT molecular complexity index is 1060. The van der Waals surface area contributed by atoms with Crippen molar-refractivity contribution < 1.29 is 0 Å². The van der Waals surface area contributed by atoms with Gasteiger partial charge in [0.2, 0.25) is 0 Å². The Morgan fingerprint density at radius 3 is 2.50 bits per heavy atom.